The summed E-state index contributed by atoms with van der Waals surface area (Å²) >= 11 is 0. The molecule has 3 N–H and O–H groups in total. The zero-order chi connectivity index (χ0) is 13.0. The van der Waals surface area contributed by atoms with Crippen molar-refractivity contribution in [2.45, 2.75) is 19.4 Å². The molecule has 0 bridgehead atoms. The molecule has 1 fully saturated rings. The van der Waals surface area contributed by atoms with E-state index in [1.807, 2.05) is 30.3 Å². The standard InChI is InChI=1S/C14H21N3O/c1-11-7-12(8-15)9-17(11)10-14(18)16-13-5-3-2-4-6-13/h2-6,11-12H,7-10,15H2,1H3,(H,16,18). The molecule has 4 heteroatoms. The zero-order valence-electron chi connectivity index (χ0n) is 10.8. The van der Waals surface area contributed by atoms with Crippen molar-refractivity contribution >= 4 is 11.6 Å². The maximum Gasteiger partial charge on any atom is 0.238 e. The number of para-hydroxylation sites is 1. The van der Waals surface area contributed by atoms with Crippen LogP contribution < -0.4 is 11.1 Å². The maximum atomic E-state index is 11.9. The number of carbonyl (C=O) groups excluding carboxylic acids is 1. The predicted octanol–water partition coefficient (Wildman–Crippen LogP) is 1.29. The van der Waals surface area contributed by atoms with Gasteiger partial charge in [0.2, 0.25) is 5.91 Å². The Balaban J connectivity index is 1.85. The molecule has 1 aromatic carbocycles. The van der Waals surface area contributed by atoms with Crippen LogP contribution in [0.25, 0.3) is 0 Å². The van der Waals surface area contributed by atoms with Crippen molar-refractivity contribution in [3.63, 3.8) is 0 Å². The molecule has 2 rings (SSSR count). The van der Waals surface area contributed by atoms with Gasteiger partial charge in [0.15, 0.2) is 0 Å². The number of benzene rings is 1. The van der Waals surface area contributed by atoms with Crippen molar-refractivity contribution in [3.8, 4) is 0 Å². The molecule has 2 unspecified atom stereocenters. The number of rotatable bonds is 4. The lowest BCUT2D eigenvalue weighted by molar-refractivity contribution is -0.117. The van der Waals surface area contributed by atoms with E-state index in [9.17, 15) is 4.79 Å². The Morgan fingerprint density at radius 3 is 2.78 bits per heavy atom. The third-order valence-corrected chi connectivity index (χ3v) is 3.53. The van der Waals surface area contributed by atoms with Gasteiger partial charge in [0.1, 0.15) is 0 Å². The Kier molecular flexibility index (Phi) is 4.33. The van der Waals surface area contributed by atoms with Crippen molar-refractivity contribution in [2.75, 3.05) is 25.0 Å². The monoisotopic (exact) mass is 247 g/mol. The van der Waals surface area contributed by atoms with Crippen LogP contribution in [0.1, 0.15) is 13.3 Å². The largest absolute Gasteiger partial charge is 0.330 e. The number of hydrogen-bond acceptors (Lipinski definition) is 3. The molecule has 1 aliphatic heterocycles. The lowest BCUT2D eigenvalue weighted by Gasteiger charge is -2.20. The highest BCUT2D eigenvalue weighted by Crippen LogP contribution is 2.21. The van der Waals surface area contributed by atoms with E-state index in [2.05, 4.69) is 17.1 Å². The van der Waals surface area contributed by atoms with Gasteiger partial charge in [-0.05, 0) is 37.9 Å². The Morgan fingerprint density at radius 1 is 1.44 bits per heavy atom. The summed E-state index contributed by atoms with van der Waals surface area (Å²) in [7, 11) is 0. The summed E-state index contributed by atoms with van der Waals surface area (Å²) in [6.45, 7) is 4.25. The molecular weight excluding hydrogens is 226 g/mol. The van der Waals surface area contributed by atoms with E-state index in [-0.39, 0.29) is 5.91 Å². The summed E-state index contributed by atoms with van der Waals surface area (Å²) in [6, 6.07) is 10.0. The van der Waals surface area contributed by atoms with Crippen LogP contribution in [0.15, 0.2) is 30.3 Å². The quantitative estimate of drug-likeness (QED) is 0.843. The van der Waals surface area contributed by atoms with Gasteiger partial charge in [0, 0.05) is 18.3 Å². The minimum atomic E-state index is 0.0470. The number of nitrogens with two attached hydrogens (primary N) is 1. The van der Waals surface area contributed by atoms with Crippen molar-refractivity contribution in [3.05, 3.63) is 30.3 Å². The van der Waals surface area contributed by atoms with Gasteiger partial charge in [-0.25, -0.2) is 0 Å². The summed E-state index contributed by atoms with van der Waals surface area (Å²) in [6.07, 6.45) is 1.09. The average molecular weight is 247 g/mol. The minimum Gasteiger partial charge on any atom is -0.330 e. The average Bonchev–Trinajstić information content (AvgIpc) is 2.71. The topological polar surface area (TPSA) is 58.4 Å². The van der Waals surface area contributed by atoms with Gasteiger partial charge in [0.25, 0.3) is 0 Å². The summed E-state index contributed by atoms with van der Waals surface area (Å²) in [5, 5.41) is 2.91. The molecule has 2 atom stereocenters. The third-order valence-electron chi connectivity index (χ3n) is 3.53. The molecule has 4 nitrogen and oxygen atoms in total. The summed E-state index contributed by atoms with van der Waals surface area (Å²) < 4.78 is 0. The van der Waals surface area contributed by atoms with Crippen LogP contribution in [0, 0.1) is 5.92 Å². The number of amides is 1. The molecule has 0 saturated carbocycles. The first-order valence-corrected chi connectivity index (χ1v) is 6.48. The first-order valence-electron chi connectivity index (χ1n) is 6.48. The first kappa shape index (κ1) is 13.1. The fourth-order valence-corrected chi connectivity index (χ4v) is 2.52. The SMILES string of the molecule is CC1CC(CN)CN1CC(=O)Nc1ccccc1. The normalized spacial score (nSPS) is 24.1. The van der Waals surface area contributed by atoms with Gasteiger partial charge in [-0.2, -0.15) is 0 Å². The van der Waals surface area contributed by atoms with Crippen molar-refractivity contribution in [1.82, 2.24) is 4.90 Å². The van der Waals surface area contributed by atoms with E-state index in [4.69, 9.17) is 5.73 Å². The second-order valence-corrected chi connectivity index (χ2v) is 5.03. The molecule has 1 aliphatic rings. The Hall–Kier alpha value is -1.39. The molecule has 0 radical (unpaired) electrons. The lowest BCUT2D eigenvalue weighted by atomic mass is 10.1. The highest BCUT2D eigenvalue weighted by molar-refractivity contribution is 5.92. The summed E-state index contributed by atoms with van der Waals surface area (Å²) in [5.41, 5.74) is 6.54. The fourth-order valence-electron chi connectivity index (χ4n) is 2.52. The number of anilines is 1. The number of likely N-dealkylation sites (tertiary alicyclic amines) is 1. The highest BCUT2D eigenvalue weighted by Gasteiger charge is 2.29. The second-order valence-electron chi connectivity index (χ2n) is 5.03. The van der Waals surface area contributed by atoms with E-state index >= 15 is 0 Å². The lowest BCUT2D eigenvalue weighted by Crippen LogP contribution is -2.35. The summed E-state index contributed by atoms with van der Waals surface area (Å²) in [4.78, 5) is 14.1. The maximum absolute atomic E-state index is 11.9. The molecule has 0 aliphatic carbocycles. The number of nitrogens with zero attached hydrogens (tertiary/aromatic N) is 1. The number of hydrogen-bond donors (Lipinski definition) is 2. The number of nitrogens with one attached hydrogen (secondary N) is 1. The molecule has 0 spiro atoms. The third kappa shape index (κ3) is 3.31. The van der Waals surface area contributed by atoms with Crippen LogP contribution in [-0.4, -0.2) is 36.5 Å². The molecule has 1 heterocycles. The fraction of sp³-hybridized carbons (Fsp3) is 0.500. The molecular formula is C14H21N3O. The number of carbonyl (C=O) groups is 1. The predicted molar refractivity (Wildman–Crippen MR) is 73.3 cm³/mol. The van der Waals surface area contributed by atoms with Crippen LogP contribution in [0.5, 0.6) is 0 Å². The van der Waals surface area contributed by atoms with E-state index < -0.39 is 0 Å². The van der Waals surface area contributed by atoms with Gasteiger partial charge in [-0.1, -0.05) is 18.2 Å². The van der Waals surface area contributed by atoms with Crippen LogP contribution in [0.4, 0.5) is 5.69 Å². The van der Waals surface area contributed by atoms with Crippen molar-refractivity contribution in [2.24, 2.45) is 11.7 Å². The van der Waals surface area contributed by atoms with Gasteiger partial charge >= 0.3 is 0 Å². The van der Waals surface area contributed by atoms with Gasteiger partial charge in [-0.15, -0.1) is 0 Å². The Labute approximate surface area is 108 Å². The first-order chi connectivity index (χ1) is 8.69. The van der Waals surface area contributed by atoms with Crippen molar-refractivity contribution < 1.29 is 4.79 Å². The molecule has 1 aromatic rings. The van der Waals surface area contributed by atoms with Crippen LogP contribution in [0.3, 0.4) is 0 Å². The Morgan fingerprint density at radius 2 is 2.17 bits per heavy atom. The van der Waals surface area contributed by atoms with E-state index in [1.54, 1.807) is 0 Å². The minimum absolute atomic E-state index is 0.0470. The van der Waals surface area contributed by atoms with Gasteiger partial charge < -0.3 is 11.1 Å². The Bertz CT molecular complexity index is 393. The van der Waals surface area contributed by atoms with E-state index in [1.165, 1.54) is 0 Å². The molecule has 1 amide bonds. The van der Waals surface area contributed by atoms with Crippen LogP contribution >= 0.6 is 0 Å². The molecule has 1 saturated heterocycles. The molecule has 0 aromatic heterocycles. The molecule has 18 heavy (non-hydrogen) atoms. The second kappa shape index (κ2) is 5.98. The van der Waals surface area contributed by atoms with Gasteiger partial charge in [-0.3, -0.25) is 9.69 Å². The van der Waals surface area contributed by atoms with Gasteiger partial charge in [0.05, 0.1) is 6.54 Å². The highest BCUT2D eigenvalue weighted by atomic mass is 16.2. The van der Waals surface area contributed by atoms with Crippen LogP contribution in [-0.2, 0) is 4.79 Å². The summed E-state index contributed by atoms with van der Waals surface area (Å²) in [5.74, 6) is 0.579. The van der Waals surface area contributed by atoms with Crippen molar-refractivity contribution in [1.29, 1.82) is 0 Å². The smallest absolute Gasteiger partial charge is 0.238 e. The molecule has 98 valence electrons. The zero-order valence-corrected chi connectivity index (χ0v) is 10.8. The van der Waals surface area contributed by atoms with Crippen LogP contribution in [0.2, 0.25) is 0 Å². The van der Waals surface area contributed by atoms with E-state index in [0.717, 1.165) is 18.7 Å². The van der Waals surface area contributed by atoms with E-state index in [0.29, 0.717) is 25.0 Å².